The molecule has 104 valence electrons. The molecule has 0 spiro atoms. The summed E-state index contributed by atoms with van der Waals surface area (Å²) in [5, 5.41) is 0. The first kappa shape index (κ1) is 14.4. The third-order valence-electron chi connectivity index (χ3n) is 2.69. The van der Waals surface area contributed by atoms with Crippen LogP contribution in [0.2, 0.25) is 0 Å². The lowest BCUT2D eigenvalue weighted by Crippen LogP contribution is -2.11. The van der Waals surface area contributed by atoms with Crippen molar-refractivity contribution in [3.63, 3.8) is 0 Å². The highest BCUT2D eigenvalue weighted by molar-refractivity contribution is 7.86. The monoisotopic (exact) mass is 302 g/mol. The third-order valence-corrected chi connectivity index (χ3v) is 3.51. The van der Waals surface area contributed by atoms with Crippen LogP contribution in [-0.2, 0) is 14.3 Å². The molecule has 0 unspecified atom stereocenters. The summed E-state index contributed by atoms with van der Waals surface area (Å²) in [6.07, 6.45) is 3.72. The minimum absolute atomic E-state index is 0.0664. The Morgan fingerprint density at radius 1 is 1.32 bits per heavy atom. The number of rotatable bonds is 7. The minimum atomic E-state index is -3.41. The molecular formula is C13H15ClO4S. The average Bonchev–Trinajstić information content (AvgIpc) is 2.30. The lowest BCUT2D eigenvalue weighted by Gasteiger charge is -2.22. The lowest BCUT2D eigenvalue weighted by molar-refractivity contribution is 0.317. The van der Waals surface area contributed by atoms with Crippen LogP contribution in [0.5, 0.6) is 5.75 Å². The summed E-state index contributed by atoms with van der Waals surface area (Å²) < 4.78 is 32.3. The van der Waals surface area contributed by atoms with Gasteiger partial charge in [0, 0.05) is 11.4 Å². The molecule has 0 aliphatic heterocycles. The number of ether oxygens (including phenoxy) is 1. The second kappa shape index (κ2) is 5.94. The van der Waals surface area contributed by atoms with Gasteiger partial charge in [-0.25, -0.2) is 0 Å². The number of hydrogen-bond donors (Lipinski definition) is 0. The lowest BCUT2D eigenvalue weighted by atomic mass is 9.88. The van der Waals surface area contributed by atoms with E-state index in [1.165, 1.54) is 0 Å². The molecule has 1 aliphatic carbocycles. The topological polar surface area (TPSA) is 52.6 Å². The molecule has 1 aromatic rings. The van der Waals surface area contributed by atoms with Crippen molar-refractivity contribution in [1.29, 1.82) is 0 Å². The van der Waals surface area contributed by atoms with Gasteiger partial charge in [-0.05, 0) is 29.7 Å². The zero-order chi connectivity index (χ0) is 13.9. The molecule has 0 saturated heterocycles. The molecule has 0 fully saturated rings. The van der Waals surface area contributed by atoms with E-state index < -0.39 is 10.1 Å². The van der Waals surface area contributed by atoms with Crippen LogP contribution in [-0.4, -0.2) is 33.8 Å². The quantitative estimate of drug-likeness (QED) is 0.441. The summed E-state index contributed by atoms with van der Waals surface area (Å²) in [6.45, 7) is 0.639. The van der Waals surface area contributed by atoms with E-state index in [1.54, 1.807) is 0 Å². The van der Waals surface area contributed by atoms with E-state index in [-0.39, 0.29) is 6.61 Å². The zero-order valence-corrected chi connectivity index (χ0v) is 12.1. The van der Waals surface area contributed by atoms with Crippen LogP contribution in [0.1, 0.15) is 17.5 Å². The predicted octanol–water partition coefficient (Wildman–Crippen LogP) is 2.52. The van der Waals surface area contributed by atoms with Gasteiger partial charge in [-0.2, -0.15) is 8.42 Å². The summed E-state index contributed by atoms with van der Waals surface area (Å²) in [5.41, 5.74) is 2.83. The number of fused-ring (bicyclic) bond motifs is 1. The maximum atomic E-state index is 10.9. The summed E-state index contributed by atoms with van der Waals surface area (Å²) in [4.78, 5) is 0. The Kier molecular flexibility index (Phi) is 4.50. The van der Waals surface area contributed by atoms with Crippen molar-refractivity contribution < 1.29 is 17.3 Å². The molecule has 2 rings (SSSR count). The van der Waals surface area contributed by atoms with Gasteiger partial charge in [-0.3, -0.25) is 4.18 Å². The fraction of sp³-hybridized carbons (Fsp3) is 0.385. The molecule has 0 heterocycles. The van der Waals surface area contributed by atoms with Gasteiger partial charge in [0.15, 0.2) is 0 Å². The number of halogens is 1. The molecule has 0 radical (unpaired) electrons. The molecule has 19 heavy (non-hydrogen) atoms. The maximum Gasteiger partial charge on any atom is 0.264 e. The Bertz CT molecular complexity index is 593. The van der Waals surface area contributed by atoms with E-state index in [0.717, 1.165) is 35.1 Å². The predicted molar refractivity (Wildman–Crippen MR) is 75.9 cm³/mol. The molecule has 1 aromatic carbocycles. The Hall–Kier alpha value is -1.04. The standard InChI is InChI=1S/C13H15ClO4S/c1-19(15,16)18-9-10-8-12-11(10)4-2-5-13(12)17-7-3-6-14/h2,4-5,8H,3,6-7,9H2,1H3. The first-order valence-electron chi connectivity index (χ1n) is 5.88. The normalized spacial score (nSPS) is 13.5. The molecule has 0 bridgehead atoms. The highest BCUT2D eigenvalue weighted by atomic mass is 35.5. The van der Waals surface area contributed by atoms with Crippen LogP contribution in [0.15, 0.2) is 18.2 Å². The van der Waals surface area contributed by atoms with E-state index in [0.29, 0.717) is 12.5 Å². The largest absolute Gasteiger partial charge is 0.493 e. The van der Waals surface area contributed by atoms with Crippen LogP contribution in [0, 0.1) is 0 Å². The number of benzene rings is 1. The van der Waals surface area contributed by atoms with Gasteiger partial charge in [0.25, 0.3) is 10.1 Å². The SMILES string of the molecule is CS(=O)(=O)OCC1=Cc2c(OCCCCl)cccc21. The molecule has 0 aromatic heterocycles. The minimum Gasteiger partial charge on any atom is -0.493 e. The van der Waals surface area contributed by atoms with Gasteiger partial charge >= 0.3 is 0 Å². The van der Waals surface area contributed by atoms with Crippen molar-refractivity contribution in [2.75, 3.05) is 25.3 Å². The fourth-order valence-electron chi connectivity index (χ4n) is 1.80. The first-order chi connectivity index (χ1) is 9.01. The van der Waals surface area contributed by atoms with Gasteiger partial charge in [0.05, 0.1) is 19.5 Å². The Morgan fingerprint density at radius 3 is 2.79 bits per heavy atom. The highest BCUT2D eigenvalue weighted by Crippen LogP contribution is 2.38. The average molecular weight is 303 g/mol. The maximum absolute atomic E-state index is 10.9. The van der Waals surface area contributed by atoms with Crippen LogP contribution < -0.4 is 4.74 Å². The number of hydrogen-bond acceptors (Lipinski definition) is 4. The van der Waals surface area contributed by atoms with Crippen LogP contribution in [0.25, 0.3) is 11.6 Å². The van der Waals surface area contributed by atoms with Gasteiger partial charge in [0.1, 0.15) is 5.75 Å². The van der Waals surface area contributed by atoms with E-state index >= 15 is 0 Å². The Morgan fingerprint density at radius 2 is 2.11 bits per heavy atom. The van der Waals surface area contributed by atoms with Crippen LogP contribution >= 0.6 is 11.6 Å². The van der Waals surface area contributed by atoms with Gasteiger partial charge in [0.2, 0.25) is 0 Å². The molecule has 1 aliphatic rings. The Balaban J connectivity index is 2.01. The van der Waals surface area contributed by atoms with Crippen molar-refractivity contribution in [2.24, 2.45) is 0 Å². The van der Waals surface area contributed by atoms with Crippen molar-refractivity contribution in [3.05, 3.63) is 29.3 Å². The molecule has 0 atom stereocenters. The summed E-state index contributed by atoms with van der Waals surface area (Å²) in [5.74, 6) is 1.36. The summed E-state index contributed by atoms with van der Waals surface area (Å²) in [7, 11) is -3.41. The van der Waals surface area contributed by atoms with Crippen LogP contribution in [0.3, 0.4) is 0 Å². The third kappa shape index (κ3) is 3.72. The Labute approximate surface area is 118 Å². The summed E-state index contributed by atoms with van der Waals surface area (Å²) in [6, 6.07) is 5.69. The zero-order valence-electron chi connectivity index (χ0n) is 10.6. The van der Waals surface area contributed by atoms with Crippen LogP contribution in [0.4, 0.5) is 0 Å². The molecule has 0 N–H and O–H groups in total. The number of alkyl halides is 1. The summed E-state index contributed by atoms with van der Waals surface area (Å²) >= 11 is 5.59. The van der Waals surface area contributed by atoms with Gasteiger partial charge in [-0.1, -0.05) is 12.1 Å². The molecule has 6 heteroatoms. The van der Waals surface area contributed by atoms with Gasteiger partial charge < -0.3 is 4.74 Å². The highest BCUT2D eigenvalue weighted by Gasteiger charge is 2.21. The van der Waals surface area contributed by atoms with E-state index in [9.17, 15) is 8.42 Å². The van der Waals surface area contributed by atoms with E-state index in [1.807, 2.05) is 24.3 Å². The van der Waals surface area contributed by atoms with Crippen molar-refractivity contribution in [1.82, 2.24) is 0 Å². The van der Waals surface area contributed by atoms with Crippen molar-refractivity contribution in [2.45, 2.75) is 6.42 Å². The first-order valence-corrected chi connectivity index (χ1v) is 8.23. The van der Waals surface area contributed by atoms with E-state index in [4.69, 9.17) is 20.5 Å². The second-order valence-electron chi connectivity index (χ2n) is 4.24. The molecule has 0 amide bonds. The second-order valence-corrected chi connectivity index (χ2v) is 6.27. The van der Waals surface area contributed by atoms with Crippen molar-refractivity contribution >= 4 is 33.4 Å². The van der Waals surface area contributed by atoms with Gasteiger partial charge in [-0.15, -0.1) is 11.6 Å². The van der Waals surface area contributed by atoms with E-state index in [2.05, 4.69) is 0 Å². The molecule has 4 nitrogen and oxygen atoms in total. The smallest absolute Gasteiger partial charge is 0.264 e. The molecule has 0 saturated carbocycles. The molecular weight excluding hydrogens is 288 g/mol. The van der Waals surface area contributed by atoms with Crippen molar-refractivity contribution in [3.8, 4) is 5.75 Å². The fourth-order valence-corrected chi connectivity index (χ4v) is 2.25.